The van der Waals surface area contributed by atoms with Crippen molar-refractivity contribution in [2.75, 3.05) is 18.0 Å². The van der Waals surface area contributed by atoms with Crippen LogP contribution in [0.3, 0.4) is 0 Å². The second-order valence-corrected chi connectivity index (χ2v) is 8.27. The summed E-state index contributed by atoms with van der Waals surface area (Å²) in [6.07, 6.45) is 3.83. The minimum atomic E-state index is -0.0890. The van der Waals surface area contributed by atoms with Crippen LogP contribution in [0.2, 0.25) is 5.02 Å². The predicted molar refractivity (Wildman–Crippen MR) is 117 cm³/mol. The molecule has 0 radical (unpaired) electrons. The number of hydrogen-bond acceptors (Lipinski definition) is 5. The van der Waals surface area contributed by atoms with Crippen molar-refractivity contribution in [3.63, 3.8) is 0 Å². The summed E-state index contributed by atoms with van der Waals surface area (Å²) in [7, 11) is 0. The Kier molecular flexibility index (Phi) is 6.08. The summed E-state index contributed by atoms with van der Waals surface area (Å²) in [6.45, 7) is 5.95. The molecule has 30 heavy (non-hydrogen) atoms. The third-order valence-electron chi connectivity index (χ3n) is 5.21. The fourth-order valence-electron chi connectivity index (χ4n) is 3.75. The zero-order chi connectivity index (χ0) is 21.1. The Hall–Kier alpha value is -2.80. The van der Waals surface area contributed by atoms with E-state index in [0.717, 1.165) is 36.6 Å². The van der Waals surface area contributed by atoms with E-state index in [9.17, 15) is 4.79 Å². The highest BCUT2D eigenvalue weighted by atomic mass is 35.5. The second kappa shape index (κ2) is 8.92. The Bertz CT molecular complexity index is 1020. The van der Waals surface area contributed by atoms with Crippen molar-refractivity contribution < 1.29 is 9.53 Å². The zero-order valence-corrected chi connectivity index (χ0v) is 18.0. The Labute approximate surface area is 181 Å². The number of carbonyl (C=O) groups is 1. The normalized spacial score (nSPS) is 16.8. The molecule has 0 saturated carbocycles. The molecule has 2 aromatic heterocycles. The molecule has 1 aliphatic heterocycles. The van der Waals surface area contributed by atoms with Gasteiger partial charge in [-0.3, -0.25) is 9.20 Å². The second-order valence-electron chi connectivity index (χ2n) is 7.86. The number of halogens is 1. The third-order valence-corrected chi connectivity index (χ3v) is 5.50. The fourth-order valence-corrected chi connectivity index (χ4v) is 3.95. The average Bonchev–Trinajstić information content (AvgIpc) is 3.18. The van der Waals surface area contributed by atoms with E-state index in [4.69, 9.17) is 16.3 Å². The largest absolute Gasteiger partial charge is 0.491 e. The van der Waals surface area contributed by atoms with Crippen LogP contribution in [0, 0.1) is 5.92 Å². The molecule has 8 heteroatoms. The quantitative estimate of drug-likeness (QED) is 0.649. The van der Waals surface area contributed by atoms with Gasteiger partial charge in [0.25, 0.3) is 0 Å². The number of benzene rings is 1. The topological polar surface area (TPSA) is 71.8 Å². The summed E-state index contributed by atoms with van der Waals surface area (Å²) < 4.78 is 7.54. The Morgan fingerprint density at radius 2 is 2.07 bits per heavy atom. The number of fused-ring (bicyclic) bond motifs is 1. The van der Waals surface area contributed by atoms with Gasteiger partial charge in [0.1, 0.15) is 5.75 Å². The van der Waals surface area contributed by atoms with Crippen LogP contribution in [-0.2, 0) is 11.3 Å². The average molecular weight is 428 g/mol. The van der Waals surface area contributed by atoms with E-state index in [-0.39, 0.29) is 17.9 Å². The van der Waals surface area contributed by atoms with Crippen LogP contribution in [0.15, 0.2) is 42.6 Å². The summed E-state index contributed by atoms with van der Waals surface area (Å²) in [5.74, 6) is 1.54. The van der Waals surface area contributed by atoms with Gasteiger partial charge in [0.2, 0.25) is 11.9 Å². The molecule has 1 N–H and O–H groups in total. The molecular weight excluding hydrogens is 402 g/mol. The molecule has 1 fully saturated rings. The van der Waals surface area contributed by atoms with Gasteiger partial charge in [-0.1, -0.05) is 23.7 Å². The van der Waals surface area contributed by atoms with E-state index in [1.54, 1.807) is 6.07 Å². The molecule has 7 nitrogen and oxygen atoms in total. The number of nitrogens with one attached hydrogen (secondary N) is 1. The van der Waals surface area contributed by atoms with Crippen molar-refractivity contribution >= 4 is 29.1 Å². The smallest absolute Gasteiger partial charge is 0.231 e. The summed E-state index contributed by atoms with van der Waals surface area (Å²) in [4.78, 5) is 14.9. The van der Waals surface area contributed by atoms with Crippen molar-refractivity contribution in [2.24, 2.45) is 5.92 Å². The number of aromatic nitrogens is 3. The summed E-state index contributed by atoms with van der Waals surface area (Å²) in [5.41, 5.74) is 1.68. The molecule has 1 saturated heterocycles. The van der Waals surface area contributed by atoms with E-state index in [0.29, 0.717) is 23.8 Å². The summed E-state index contributed by atoms with van der Waals surface area (Å²) in [6, 6.07) is 11.5. The molecule has 3 heterocycles. The number of piperidine rings is 1. The first-order valence-electron chi connectivity index (χ1n) is 10.3. The molecule has 0 aliphatic carbocycles. The van der Waals surface area contributed by atoms with Crippen LogP contribution in [0.1, 0.15) is 32.3 Å². The highest BCUT2D eigenvalue weighted by Gasteiger charge is 2.28. The van der Waals surface area contributed by atoms with Crippen molar-refractivity contribution in [1.82, 2.24) is 19.9 Å². The van der Waals surface area contributed by atoms with E-state index in [1.165, 1.54) is 0 Å². The lowest BCUT2D eigenvalue weighted by molar-refractivity contribution is -0.125. The Balaban J connectivity index is 1.37. The van der Waals surface area contributed by atoms with Gasteiger partial charge >= 0.3 is 0 Å². The fraction of sp³-hybridized carbons (Fsp3) is 0.409. The van der Waals surface area contributed by atoms with Crippen molar-refractivity contribution in [3.05, 3.63) is 53.2 Å². The highest BCUT2D eigenvalue weighted by molar-refractivity contribution is 6.33. The molecule has 3 aromatic rings. The Morgan fingerprint density at radius 3 is 2.83 bits per heavy atom. The van der Waals surface area contributed by atoms with Crippen LogP contribution in [0.25, 0.3) is 5.65 Å². The molecule has 1 aliphatic rings. The minimum absolute atomic E-state index is 0.0639. The summed E-state index contributed by atoms with van der Waals surface area (Å²) in [5, 5.41) is 12.1. The van der Waals surface area contributed by atoms with E-state index < -0.39 is 0 Å². The molecule has 158 valence electrons. The molecule has 4 rings (SSSR count). The van der Waals surface area contributed by atoms with E-state index in [1.807, 2.05) is 54.8 Å². The van der Waals surface area contributed by atoms with Gasteiger partial charge in [-0.15, -0.1) is 10.2 Å². The van der Waals surface area contributed by atoms with Crippen molar-refractivity contribution in [2.45, 2.75) is 39.3 Å². The SMILES string of the molecule is CC(C)Oc1ccc(CNC(=O)C2CCCN(c3nnc4c(Cl)cccn34)C2)cc1. The van der Waals surface area contributed by atoms with Crippen LogP contribution in [0.5, 0.6) is 5.75 Å². The Morgan fingerprint density at radius 1 is 1.27 bits per heavy atom. The molecule has 1 aromatic carbocycles. The standard InChI is InChI=1S/C22H26ClN5O2/c1-15(2)30-18-9-7-16(8-10-18)13-24-21(29)17-5-3-11-27(14-17)22-26-25-20-19(23)6-4-12-28(20)22/h4,6-10,12,15,17H,3,5,11,13-14H2,1-2H3,(H,24,29). The first-order chi connectivity index (χ1) is 14.5. The number of amides is 1. The maximum atomic E-state index is 12.8. The first kappa shape index (κ1) is 20.5. The molecular formula is C22H26ClN5O2. The van der Waals surface area contributed by atoms with Crippen molar-refractivity contribution in [3.8, 4) is 5.75 Å². The first-order valence-corrected chi connectivity index (χ1v) is 10.7. The predicted octanol–water partition coefficient (Wildman–Crippen LogP) is 3.70. The number of ether oxygens (including phenoxy) is 1. The van der Waals surface area contributed by atoms with Gasteiger partial charge in [-0.25, -0.2) is 0 Å². The number of nitrogens with zero attached hydrogens (tertiary/aromatic N) is 4. The lowest BCUT2D eigenvalue weighted by atomic mass is 9.97. The number of pyridine rings is 1. The van der Waals surface area contributed by atoms with Gasteiger partial charge in [-0.2, -0.15) is 0 Å². The van der Waals surface area contributed by atoms with Crippen LogP contribution >= 0.6 is 11.6 Å². The van der Waals surface area contributed by atoms with Gasteiger partial charge in [0, 0.05) is 25.8 Å². The lowest BCUT2D eigenvalue weighted by Gasteiger charge is -2.32. The van der Waals surface area contributed by atoms with Gasteiger partial charge < -0.3 is 15.0 Å². The van der Waals surface area contributed by atoms with Crippen LogP contribution < -0.4 is 15.0 Å². The summed E-state index contributed by atoms with van der Waals surface area (Å²) >= 11 is 6.21. The van der Waals surface area contributed by atoms with E-state index >= 15 is 0 Å². The molecule has 1 amide bonds. The molecule has 1 atom stereocenters. The maximum Gasteiger partial charge on any atom is 0.231 e. The lowest BCUT2D eigenvalue weighted by Crippen LogP contribution is -2.43. The number of hydrogen-bond donors (Lipinski definition) is 1. The molecule has 1 unspecified atom stereocenters. The number of carbonyl (C=O) groups excluding carboxylic acids is 1. The van der Waals surface area contributed by atoms with Gasteiger partial charge in [0.15, 0.2) is 5.65 Å². The van der Waals surface area contributed by atoms with Gasteiger partial charge in [-0.05, 0) is 56.5 Å². The van der Waals surface area contributed by atoms with Crippen LogP contribution in [-0.4, -0.2) is 39.7 Å². The third kappa shape index (κ3) is 4.51. The van der Waals surface area contributed by atoms with Gasteiger partial charge in [0.05, 0.1) is 17.0 Å². The highest BCUT2D eigenvalue weighted by Crippen LogP contribution is 2.25. The molecule has 0 spiro atoms. The number of anilines is 1. The van der Waals surface area contributed by atoms with Crippen LogP contribution in [0.4, 0.5) is 5.95 Å². The maximum absolute atomic E-state index is 12.8. The minimum Gasteiger partial charge on any atom is -0.491 e. The molecule has 0 bridgehead atoms. The number of rotatable bonds is 6. The zero-order valence-electron chi connectivity index (χ0n) is 17.2. The monoisotopic (exact) mass is 427 g/mol. The van der Waals surface area contributed by atoms with E-state index in [2.05, 4.69) is 20.4 Å². The van der Waals surface area contributed by atoms with Crippen molar-refractivity contribution in [1.29, 1.82) is 0 Å².